The predicted octanol–water partition coefficient (Wildman–Crippen LogP) is 3.52. The average molecular weight is 339 g/mol. The first-order valence-corrected chi connectivity index (χ1v) is 8.87. The number of carboxylic acid groups (broad SMARTS) is 1. The van der Waals surface area contributed by atoms with Crippen LogP contribution in [0.3, 0.4) is 0 Å². The third kappa shape index (κ3) is 4.27. The molecule has 0 aromatic heterocycles. The van der Waals surface area contributed by atoms with Crippen LogP contribution in [-0.4, -0.2) is 30.8 Å². The summed E-state index contributed by atoms with van der Waals surface area (Å²) in [5, 5.41) is 11.8. The van der Waals surface area contributed by atoms with E-state index >= 15 is 0 Å². The maximum atomic E-state index is 10.6. The van der Waals surface area contributed by atoms with Crippen LogP contribution in [0.4, 0.5) is 0 Å². The number of nitrogens with one attached hydrogen (secondary N) is 1. The fourth-order valence-electron chi connectivity index (χ4n) is 3.53. The molecule has 0 saturated heterocycles. The Balaban J connectivity index is 1.75. The fraction of sp³-hybridized carbons (Fsp3) is 0.381. The molecule has 0 fully saturated rings. The summed E-state index contributed by atoms with van der Waals surface area (Å²) < 4.78 is 6.26. The van der Waals surface area contributed by atoms with E-state index in [0.717, 1.165) is 6.42 Å². The van der Waals surface area contributed by atoms with Crippen LogP contribution in [0.2, 0.25) is 0 Å². The van der Waals surface area contributed by atoms with Crippen molar-refractivity contribution in [1.82, 2.24) is 5.32 Å². The maximum Gasteiger partial charge on any atom is 0.304 e. The van der Waals surface area contributed by atoms with Gasteiger partial charge >= 0.3 is 5.97 Å². The molecule has 2 atom stereocenters. The highest BCUT2D eigenvalue weighted by Crippen LogP contribution is 2.39. The van der Waals surface area contributed by atoms with Crippen molar-refractivity contribution in [1.29, 1.82) is 0 Å². The fourth-order valence-corrected chi connectivity index (χ4v) is 3.53. The molecule has 0 amide bonds. The predicted molar refractivity (Wildman–Crippen MR) is 97.9 cm³/mol. The maximum absolute atomic E-state index is 10.6. The van der Waals surface area contributed by atoms with Gasteiger partial charge in [0.25, 0.3) is 0 Å². The number of rotatable bonds is 7. The Morgan fingerprint density at radius 3 is 2.52 bits per heavy atom. The summed E-state index contributed by atoms with van der Waals surface area (Å²) >= 11 is 0. The monoisotopic (exact) mass is 339 g/mol. The molecule has 2 N–H and O–H groups in total. The minimum atomic E-state index is -0.783. The van der Waals surface area contributed by atoms with Crippen LogP contribution < -0.4 is 5.32 Å². The van der Waals surface area contributed by atoms with Crippen molar-refractivity contribution in [3.8, 4) is 0 Å². The lowest BCUT2D eigenvalue weighted by Gasteiger charge is -2.21. The van der Waals surface area contributed by atoms with E-state index < -0.39 is 5.97 Å². The lowest BCUT2D eigenvalue weighted by Crippen LogP contribution is -2.24. The van der Waals surface area contributed by atoms with Gasteiger partial charge in [-0.05, 0) is 34.6 Å². The molecule has 0 saturated carbocycles. The second-order valence-corrected chi connectivity index (χ2v) is 6.58. The van der Waals surface area contributed by atoms with Gasteiger partial charge in [0.15, 0.2) is 0 Å². The van der Waals surface area contributed by atoms with Crippen LogP contribution in [0.1, 0.15) is 47.6 Å². The number of benzene rings is 2. The summed E-state index contributed by atoms with van der Waals surface area (Å²) in [7, 11) is 0. The van der Waals surface area contributed by atoms with Crippen molar-refractivity contribution >= 4 is 5.97 Å². The molecule has 2 aromatic rings. The zero-order valence-electron chi connectivity index (χ0n) is 14.6. The van der Waals surface area contributed by atoms with Crippen LogP contribution in [0.25, 0.3) is 0 Å². The van der Waals surface area contributed by atoms with Gasteiger partial charge in [-0.15, -0.1) is 0 Å². The summed E-state index contributed by atoms with van der Waals surface area (Å²) in [6.07, 6.45) is 1.08. The summed E-state index contributed by atoms with van der Waals surface area (Å²) in [4.78, 5) is 10.6. The van der Waals surface area contributed by atoms with Gasteiger partial charge in [-0.1, -0.05) is 55.5 Å². The molecule has 1 aliphatic carbocycles. The molecular formula is C21H25NO3. The Hall–Kier alpha value is -2.17. The van der Waals surface area contributed by atoms with Gasteiger partial charge < -0.3 is 15.2 Å². The Kier molecular flexibility index (Phi) is 5.84. The van der Waals surface area contributed by atoms with Gasteiger partial charge in [0, 0.05) is 13.1 Å². The number of aliphatic carboxylic acids is 1. The van der Waals surface area contributed by atoms with E-state index in [-0.39, 0.29) is 12.5 Å². The van der Waals surface area contributed by atoms with Gasteiger partial charge in [0.05, 0.1) is 13.0 Å². The normalized spacial score (nSPS) is 18.9. The van der Waals surface area contributed by atoms with Crippen molar-refractivity contribution in [3.63, 3.8) is 0 Å². The van der Waals surface area contributed by atoms with Crippen LogP contribution in [0, 0.1) is 0 Å². The van der Waals surface area contributed by atoms with Gasteiger partial charge in [0.2, 0.25) is 0 Å². The number of fused-ring (bicyclic) bond motifs is 2. The van der Waals surface area contributed by atoms with E-state index in [4.69, 9.17) is 9.84 Å². The second kappa shape index (κ2) is 8.28. The lowest BCUT2D eigenvalue weighted by molar-refractivity contribution is -0.136. The smallest absolute Gasteiger partial charge is 0.304 e. The summed E-state index contributed by atoms with van der Waals surface area (Å²) in [6.45, 7) is 3.92. The highest BCUT2D eigenvalue weighted by molar-refractivity contribution is 5.66. The number of carbonyl (C=O) groups is 1. The van der Waals surface area contributed by atoms with Crippen LogP contribution >= 0.6 is 0 Å². The van der Waals surface area contributed by atoms with Crippen molar-refractivity contribution in [3.05, 3.63) is 70.8 Å². The summed E-state index contributed by atoms with van der Waals surface area (Å²) in [5.41, 5.74) is 5.17. The van der Waals surface area contributed by atoms with Crippen molar-refractivity contribution < 1.29 is 14.6 Å². The molecule has 25 heavy (non-hydrogen) atoms. The van der Waals surface area contributed by atoms with E-state index in [1.54, 1.807) is 0 Å². The third-order valence-corrected chi connectivity index (χ3v) is 4.75. The van der Waals surface area contributed by atoms with Gasteiger partial charge in [-0.3, -0.25) is 4.79 Å². The Bertz CT molecular complexity index is 729. The Morgan fingerprint density at radius 2 is 1.76 bits per heavy atom. The molecule has 1 aliphatic rings. The van der Waals surface area contributed by atoms with E-state index in [2.05, 4.69) is 60.8 Å². The molecule has 0 spiro atoms. The standard InChI is InChI=1S/C21H25NO3/c1-15-14-16-6-2-3-8-18(16)21(19-9-5-4-7-17(15)19)25-13-12-22-11-10-20(23)24/h2-9,15,21-22H,10-14H2,1H3,(H,23,24). The van der Waals surface area contributed by atoms with Gasteiger partial charge in [-0.25, -0.2) is 0 Å². The van der Waals surface area contributed by atoms with Crippen molar-refractivity contribution in [2.75, 3.05) is 19.7 Å². The second-order valence-electron chi connectivity index (χ2n) is 6.58. The molecule has 0 aliphatic heterocycles. The SMILES string of the molecule is CC1Cc2ccccc2C(OCCNCCC(=O)O)c2ccccc21. The number of hydrogen-bond donors (Lipinski definition) is 2. The number of ether oxygens (including phenoxy) is 1. The molecule has 4 heteroatoms. The zero-order valence-corrected chi connectivity index (χ0v) is 14.6. The van der Waals surface area contributed by atoms with E-state index in [1.165, 1.54) is 22.3 Å². The first kappa shape index (κ1) is 17.6. The molecule has 132 valence electrons. The van der Waals surface area contributed by atoms with Crippen molar-refractivity contribution in [2.24, 2.45) is 0 Å². The number of carboxylic acids is 1. The molecule has 0 radical (unpaired) electrons. The lowest BCUT2D eigenvalue weighted by atomic mass is 9.93. The highest BCUT2D eigenvalue weighted by atomic mass is 16.5. The molecule has 0 heterocycles. The summed E-state index contributed by atoms with van der Waals surface area (Å²) in [6, 6.07) is 17.0. The number of hydrogen-bond acceptors (Lipinski definition) is 3. The minimum Gasteiger partial charge on any atom is -0.481 e. The first-order valence-electron chi connectivity index (χ1n) is 8.87. The first-order chi connectivity index (χ1) is 12.2. The third-order valence-electron chi connectivity index (χ3n) is 4.75. The molecule has 4 nitrogen and oxygen atoms in total. The highest BCUT2D eigenvalue weighted by Gasteiger charge is 2.26. The van der Waals surface area contributed by atoms with Gasteiger partial charge in [0.1, 0.15) is 6.10 Å². The Morgan fingerprint density at radius 1 is 1.08 bits per heavy atom. The van der Waals surface area contributed by atoms with E-state index in [1.807, 2.05) is 0 Å². The van der Waals surface area contributed by atoms with E-state index in [0.29, 0.717) is 25.6 Å². The minimum absolute atomic E-state index is 0.0707. The molecular weight excluding hydrogens is 314 g/mol. The van der Waals surface area contributed by atoms with Gasteiger partial charge in [-0.2, -0.15) is 0 Å². The van der Waals surface area contributed by atoms with Crippen molar-refractivity contribution in [2.45, 2.75) is 31.8 Å². The quantitative estimate of drug-likeness (QED) is 0.758. The van der Waals surface area contributed by atoms with Crippen LogP contribution in [-0.2, 0) is 16.0 Å². The molecule has 3 rings (SSSR count). The molecule has 2 unspecified atom stereocenters. The van der Waals surface area contributed by atoms with Crippen LogP contribution in [0.15, 0.2) is 48.5 Å². The zero-order chi connectivity index (χ0) is 17.6. The Labute approximate surface area is 148 Å². The summed E-state index contributed by atoms with van der Waals surface area (Å²) in [5.74, 6) is -0.325. The largest absolute Gasteiger partial charge is 0.481 e. The van der Waals surface area contributed by atoms with E-state index in [9.17, 15) is 4.79 Å². The topological polar surface area (TPSA) is 58.6 Å². The average Bonchev–Trinajstić information content (AvgIpc) is 2.73. The van der Waals surface area contributed by atoms with Crippen LogP contribution in [0.5, 0.6) is 0 Å². The molecule has 0 bridgehead atoms. The molecule has 2 aromatic carbocycles.